The Kier molecular flexibility index (Phi) is 3.96. The van der Waals surface area contributed by atoms with Crippen LogP contribution in [-0.4, -0.2) is 44.2 Å². The average Bonchev–Trinajstić information content (AvgIpc) is 2.65. The van der Waals surface area contributed by atoms with Crippen molar-refractivity contribution in [3.8, 4) is 0 Å². The Balaban J connectivity index is 2.87. The van der Waals surface area contributed by atoms with E-state index in [0.717, 1.165) is 0 Å². The number of ether oxygens (including phenoxy) is 1. The molecule has 0 unspecified atom stereocenters. The van der Waals surface area contributed by atoms with E-state index in [1.54, 1.807) is 6.92 Å². The second-order valence-corrected chi connectivity index (χ2v) is 6.90. The number of aliphatic carboxylic acids is 1. The van der Waals surface area contributed by atoms with Crippen LogP contribution >= 0.6 is 0 Å². The fourth-order valence-corrected chi connectivity index (χ4v) is 3.80. The number of carboxylic acid groups (broad SMARTS) is 1. The summed E-state index contributed by atoms with van der Waals surface area (Å²) in [7, 11) is -1.70. The Morgan fingerprint density at radius 3 is 2.62 bits per heavy atom. The molecule has 0 amide bonds. The summed E-state index contributed by atoms with van der Waals surface area (Å²) < 4.78 is 28.3. The third kappa shape index (κ3) is 2.38. The van der Waals surface area contributed by atoms with Crippen molar-refractivity contribution in [1.82, 2.24) is 0 Å². The molecule has 1 fully saturated rings. The molecule has 0 saturated heterocycles. The minimum absolute atomic E-state index is 0.0698. The SMILES string of the molecule is CCS(=O)(=O)[C@H]1CC[C@](COC)(C(=O)O)C1. The molecular weight excluding hydrogens is 232 g/mol. The van der Waals surface area contributed by atoms with Gasteiger partial charge in [-0.1, -0.05) is 6.92 Å². The van der Waals surface area contributed by atoms with Crippen molar-refractivity contribution in [1.29, 1.82) is 0 Å². The molecule has 5 nitrogen and oxygen atoms in total. The fourth-order valence-electron chi connectivity index (χ4n) is 2.28. The van der Waals surface area contributed by atoms with Crippen molar-refractivity contribution >= 4 is 15.8 Å². The lowest BCUT2D eigenvalue weighted by Gasteiger charge is -2.23. The monoisotopic (exact) mass is 250 g/mol. The normalized spacial score (nSPS) is 30.5. The number of rotatable bonds is 5. The summed E-state index contributed by atoms with van der Waals surface area (Å²) >= 11 is 0. The quantitative estimate of drug-likeness (QED) is 0.776. The molecule has 0 aliphatic heterocycles. The average molecular weight is 250 g/mol. The second-order valence-electron chi connectivity index (χ2n) is 4.33. The predicted molar refractivity (Wildman–Crippen MR) is 59.0 cm³/mol. The van der Waals surface area contributed by atoms with Crippen molar-refractivity contribution in [3.05, 3.63) is 0 Å². The molecule has 0 spiro atoms. The van der Waals surface area contributed by atoms with Gasteiger partial charge in [-0.3, -0.25) is 4.79 Å². The largest absolute Gasteiger partial charge is 0.481 e. The van der Waals surface area contributed by atoms with Gasteiger partial charge in [0.05, 0.1) is 17.3 Å². The van der Waals surface area contributed by atoms with Gasteiger partial charge in [0, 0.05) is 12.9 Å². The first-order valence-corrected chi connectivity index (χ1v) is 7.03. The zero-order chi connectivity index (χ0) is 12.4. The van der Waals surface area contributed by atoms with Gasteiger partial charge in [-0.05, 0) is 19.3 Å². The lowest BCUT2D eigenvalue weighted by molar-refractivity contribution is -0.151. The second kappa shape index (κ2) is 4.71. The molecule has 1 aliphatic rings. The van der Waals surface area contributed by atoms with Crippen LogP contribution in [0, 0.1) is 5.41 Å². The zero-order valence-corrected chi connectivity index (χ0v) is 10.4. The van der Waals surface area contributed by atoms with E-state index in [-0.39, 0.29) is 18.8 Å². The van der Waals surface area contributed by atoms with Gasteiger partial charge in [-0.2, -0.15) is 0 Å². The van der Waals surface area contributed by atoms with Crippen LogP contribution < -0.4 is 0 Å². The van der Waals surface area contributed by atoms with E-state index in [1.165, 1.54) is 7.11 Å². The van der Waals surface area contributed by atoms with Crippen LogP contribution in [0.25, 0.3) is 0 Å². The third-order valence-corrected chi connectivity index (χ3v) is 5.57. The standard InChI is InChI=1S/C10H18O5S/c1-3-16(13,14)8-4-5-10(6-8,7-15-2)9(11)12/h8H,3-7H2,1-2H3,(H,11,12)/t8-,10-/m0/s1. The first kappa shape index (κ1) is 13.4. The molecule has 0 aromatic rings. The lowest BCUT2D eigenvalue weighted by atomic mass is 9.87. The van der Waals surface area contributed by atoms with Crippen molar-refractivity contribution in [2.45, 2.75) is 31.4 Å². The third-order valence-electron chi connectivity index (χ3n) is 3.35. The van der Waals surface area contributed by atoms with Crippen LogP contribution in [-0.2, 0) is 19.4 Å². The van der Waals surface area contributed by atoms with Crippen LogP contribution in [0.5, 0.6) is 0 Å². The number of hydrogen-bond acceptors (Lipinski definition) is 4. The smallest absolute Gasteiger partial charge is 0.312 e. The van der Waals surface area contributed by atoms with Crippen LogP contribution in [0.15, 0.2) is 0 Å². The van der Waals surface area contributed by atoms with E-state index >= 15 is 0 Å². The van der Waals surface area contributed by atoms with Gasteiger partial charge in [-0.15, -0.1) is 0 Å². The molecule has 2 atom stereocenters. The molecule has 0 aromatic carbocycles. The van der Waals surface area contributed by atoms with Gasteiger partial charge in [0.2, 0.25) is 0 Å². The van der Waals surface area contributed by atoms with Gasteiger partial charge in [-0.25, -0.2) is 8.42 Å². The highest BCUT2D eigenvalue weighted by Crippen LogP contribution is 2.41. The van der Waals surface area contributed by atoms with E-state index in [0.29, 0.717) is 12.8 Å². The highest BCUT2D eigenvalue weighted by Gasteiger charge is 2.48. The molecule has 0 aromatic heterocycles. The Hall–Kier alpha value is -0.620. The van der Waals surface area contributed by atoms with Crippen molar-refractivity contribution in [3.63, 3.8) is 0 Å². The Labute approximate surface area is 95.7 Å². The molecule has 16 heavy (non-hydrogen) atoms. The molecule has 94 valence electrons. The molecule has 1 aliphatic carbocycles. The Morgan fingerprint density at radius 1 is 1.56 bits per heavy atom. The van der Waals surface area contributed by atoms with Crippen LogP contribution in [0.3, 0.4) is 0 Å². The van der Waals surface area contributed by atoms with Gasteiger partial charge < -0.3 is 9.84 Å². The van der Waals surface area contributed by atoms with Crippen molar-refractivity contribution < 1.29 is 23.1 Å². The summed E-state index contributed by atoms with van der Waals surface area (Å²) in [6.07, 6.45) is 0.970. The Morgan fingerprint density at radius 2 is 2.19 bits per heavy atom. The van der Waals surface area contributed by atoms with E-state index in [2.05, 4.69) is 0 Å². The molecule has 1 N–H and O–H groups in total. The van der Waals surface area contributed by atoms with Crippen LogP contribution in [0.4, 0.5) is 0 Å². The molecule has 0 bridgehead atoms. The lowest BCUT2D eigenvalue weighted by Crippen LogP contribution is -2.34. The van der Waals surface area contributed by atoms with E-state index in [1.807, 2.05) is 0 Å². The predicted octanol–water partition coefficient (Wildman–Crippen LogP) is 0.691. The molecule has 0 radical (unpaired) electrons. The summed E-state index contributed by atoms with van der Waals surface area (Å²) in [6.45, 7) is 1.67. The molecule has 0 heterocycles. The van der Waals surface area contributed by atoms with Gasteiger partial charge in [0.25, 0.3) is 0 Å². The molecule has 1 saturated carbocycles. The number of methoxy groups -OCH3 is 1. The summed E-state index contributed by atoms with van der Waals surface area (Å²) in [5.74, 6) is -0.886. The van der Waals surface area contributed by atoms with E-state index < -0.39 is 26.5 Å². The molecule has 1 rings (SSSR count). The first-order valence-electron chi connectivity index (χ1n) is 5.32. The topological polar surface area (TPSA) is 80.7 Å². The van der Waals surface area contributed by atoms with E-state index in [9.17, 15) is 18.3 Å². The summed E-state index contributed by atoms with van der Waals surface area (Å²) in [5.41, 5.74) is -1.01. The van der Waals surface area contributed by atoms with Crippen molar-refractivity contribution in [2.24, 2.45) is 5.41 Å². The summed E-state index contributed by atoms with van der Waals surface area (Å²) in [6, 6.07) is 0. The maximum absolute atomic E-state index is 11.7. The maximum atomic E-state index is 11.7. The number of sulfone groups is 1. The Bertz CT molecular complexity index is 361. The minimum atomic E-state index is -3.14. The number of hydrogen-bond donors (Lipinski definition) is 1. The van der Waals surface area contributed by atoms with Crippen LogP contribution in [0.1, 0.15) is 26.2 Å². The van der Waals surface area contributed by atoms with E-state index in [4.69, 9.17) is 4.74 Å². The van der Waals surface area contributed by atoms with Gasteiger partial charge in [0.15, 0.2) is 9.84 Å². The number of carboxylic acids is 1. The zero-order valence-electron chi connectivity index (χ0n) is 9.60. The molecular formula is C10H18O5S. The highest BCUT2D eigenvalue weighted by molar-refractivity contribution is 7.92. The minimum Gasteiger partial charge on any atom is -0.481 e. The first-order chi connectivity index (χ1) is 7.38. The van der Waals surface area contributed by atoms with Gasteiger partial charge >= 0.3 is 5.97 Å². The summed E-state index contributed by atoms with van der Waals surface area (Å²) in [4.78, 5) is 11.2. The maximum Gasteiger partial charge on any atom is 0.312 e. The van der Waals surface area contributed by atoms with Gasteiger partial charge in [0.1, 0.15) is 0 Å². The number of carbonyl (C=O) groups is 1. The summed E-state index contributed by atoms with van der Waals surface area (Å²) in [5, 5.41) is 8.65. The van der Waals surface area contributed by atoms with Crippen molar-refractivity contribution in [2.75, 3.05) is 19.5 Å². The fraction of sp³-hybridized carbons (Fsp3) is 0.900. The van der Waals surface area contributed by atoms with Crippen LogP contribution in [0.2, 0.25) is 0 Å². The molecule has 6 heteroatoms. The highest BCUT2D eigenvalue weighted by atomic mass is 32.2.